The van der Waals surface area contributed by atoms with Crippen molar-refractivity contribution in [3.63, 3.8) is 0 Å². The first-order chi connectivity index (χ1) is 14.1. The first-order valence-corrected chi connectivity index (χ1v) is 9.64. The predicted octanol–water partition coefficient (Wildman–Crippen LogP) is 4.79. The van der Waals surface area contributed by atoms with Crippen LogP contribution in [0, 0.1) is 11.6 Å². The summed E-state index contributed by atoms with van der Waals surface area (Å²) in [5.41, 5.74) is 1.96. The molecule has 0 saturated carbocycles. The molecule has 7 heteroatoms. The Kier molecular flexibility index (Phi) is 5.55. The van der Waals surface area contributed by atoms with E-state index >= 15 is 0 Å². The van der Waals surface area contributed by atoms with Gasteiger partial charge in [0.05, 0.1) is 23.1 Å². The van der Waals surface area contributed by atoms with Gasteiger partial charge < -0.3 is 14.6 Å². The van der Waals surface area contributed by atoms with E-state index in [1.54, 1.807) is 0 Å². The van der Waals surface area contributed by atoms with Gasteiger partial charge in [-0.05, 0) is 37.1 Å². The van der Waals surface area contributed by atoms with Crippen LogP contribution in [0.4, 0.5) is 20.2 Å². The summed E-state index contributed by atoms with van der Waals surface area (Å²) in [5.74, 6) is -0.991. The molecule has 1 fully saturated rings. The summed E-state index contributed by atoms with van der Waals surface area (Å²) < 4.78 is 32.5. The van der Waals surface area contributed by atoms with Crippen LogP contribution in [0.3, 0.4) is 0 Å². The number of oxazole rings is 1. The quantitative estimate of drug-likeness (QED) is 0.650. The number of aryl methyl sites for hydroxylation is 1. The molecule has 5 nitrogen and oxygen atoms in total. The van der Waals surface area contributed by atoms with E-state index in [1.807, 2.05) is 24.3 Å². The molecular formula is C22H21F2N3O2. The second-order valence-electron chi connectivity index (χ2n) is 7.00. The Balaban J connectivity index is 1.38. The summed E-state index contributed by atoms with van der Waals surface area (Å²) in [4.78, 5) is 18.8. The number of para-hydroxylation sites is 2. The van der Waals surface area contributed by atoms with Crippen molar-refractivity contribution < 1.29 is 18.0 Å². The topological polar surface area (TPSA) is 58.4 Å². The molecule has 0 spiro atoms. The van der Waals surface area contributed by atoms with Crippen molar-refractivity contribution in [3.8, 4) is 11.3 Å². The Morgan fingerprint density at radius 3 is 2.72 bits per heavy atom. The molecule has 1 aromatic heterocycles. The van der Waals surface area contributed by atoms with E-state index in [1.165, 1.54) is 12.3 Å². The van der Waals surface area contributed by atoms with E-state index in [2.05, 4.69) is 15.2 Å². The van der Waals surface area contributed by atoms with Crippen molar-refractivity contribution in [2.24, 2.45) is 0 Å². The summed E-state index contributed by atoms with van der Waals surface area (Å²) in [6, 6.07) is 11.0. The molecular weight excluding hydrogens is 376 g/mol. The van der Waals surface area contributed by atoms with Crippen molar-refractivity contribution in [3.05, 3.63) is 66.2 Å². The minimum Gasteiger partial charge on any atom is -0.441 e. The highest BCUT2D eigenvalue weighted by Gasteiger charge is 2.17. The number of amides is 1. The number of aromatic nitrogens is 1. The zero-order valence-electron chi connectivity index (χ0n) is 15.8. The molecule has 2 aromatic carbocycles. The highest BCUT2D eigenvalue weighted by atomic mass is 19.1. The second-order valence-corrected chi connectivity index (χ2v) is 7.00. The number of hydrogen-bond donors (Lipinski definition) is 1. The Labute approximate surface area is 167 Å². The van der Waals surface area contributed by atoms with Crippen molar-refractivity contribution in [2.45, 2.75) is 25.7 Å². The maximum absolute atomic E-state index is 13.9. The minimum atomic E-state index is -0.719. The molecule has 0 radical (unpaired) electrons. The fourth-order valence-corrected chi connectivity index (χ4v) is 3.49. The number of rotatable bonds is 6. The van der Waals surface area contributed by atoms with Crippen LogP contribution in [0.5, 0.6) is 0 Å². The highest BCUT2D eigenvalue weighted by Crippen LogP contribution is 2.29. The lowest BCUT2D eigenvalue weighted by Gasteiger charge is -2.21. The average Bonchev–Trinajstić information content (AvgIpc) is 3.39. The van der Waals surface area contributed by atoms with Gasteiger partial charge in [0.25, 0.3) is 0 Å². The van der Waals surface area contributed by atoms with Crippen molar-refractivity contribution in [1.29, 1.82) is 0 Å². The van der Waals surface area contributed by atoms with Crippen LogP contribution < -0.4 is 10.2 Å². The van der Waals surface area contributed by atoms with Crippen LogP contribution >= 0.6 is 0 Å². The standard InChI is InChI=1S/C22H21F2N3O2/c23-15-7-8-16(17(24)13-15)20-14-25-22(29-20)10-9-21(28)26-18-5-1-2-6-19(18)27-11-3-4-12-27/h1-2,5-8,13-14H,3-4,9-12H2,(H,26,28). The molecule has 1 saturated heterocycles. The third-order valence-corrected chi connectivity index (χ3v) is 4.94. The number of hydrogen-bond acceptors (Lipinski definition) is 4. The van der Waals surface area contributed by atoms with E-state index in [0.29, 0.717) is 5.89 Å². The van der Waals surface area contributed by atoms with Crippen molar-refractivity contribution in [2.75, 3.05) is 23.3 Å². The van der Waals surface area contributed by atoms with Crippen LogP contribution in [-0.4, -0.2) is 24.0 Å². The Morgan fingerprint density at radius 1 is 1.14 bits per heavy atom. The summed E-state index contributed by atoms with van der Waals surface area (Å²) >= 11 is 0. The number of anilines is 2. The molecule has 1 N–H and O–H groups in total. The van der Waals surface area contributed by atoms with Gasteiger partial charge in [-0.15, -0.1) is 0 Å². The van der Waals surface area contributed by atoms with Gasteiger partial charge in [-0.3, -0.25) is 4.79 Å². The van der Waals surface area contributed by atoms with Crippen molar-refractivity contribution >= 4 is 17.3 Å². The Hall–Kier alpha value is -3.22. The predicted molar refractivity (Wildman–Crippen MR) is 107 cm³/mol. The first kappa shape index (κ1) is 19.1. The maximum atomic E-state index is 13.9. The average molecular weight is 397 g/mol. The second kappa shape index (κ2) is 8.43. The fraction of sp³-hybridized carbons (Fsp3) is 0.273. The molecule has 1 aliphatic heterocycles. The van der Waals surface area contributed by atoms with Crippen LogP contribution in [0.1, 0.15) is 25.2 Å². The van der Waals surface area contributed by atoms with E-state index in [0.717, 1.165) is 49.4 Å². The lowest BCUT2D eigenvalue weighted by Crippen LogP contribution is -2.21. The highest BCUT2D eigenvalue weighted by molar-refractivity contribution is 5.94. The Morgan fingerprint density at radius 2 is 1.93 bits per heavy atom. The van der Waals surface area contributed by atoms with Gasteiger partial charge in [-0.2, -0.15) is 0 Å². The zero-order valence-corrected chi connectivity index (χ0v) is 15.8. The van der Waals surface area contributed by atoms with E-state index in [-0.39, 0.29) is 30.1 Å². The summed E-state index contributed by atoms with van der Waals surface area (Å²) in [7, 11) is 0. The first-order valence-electron chi connectivity index (χ1n) is 9.64. The van der Waals surface area contributed by atoms with Gasteiger partial charge in [0.2, 0.25) is 5.91 Å². The zero-order chi connectivity index (χ0) is 20.2. The smallest absolute Gasteiger partial charge is 0.224 e. The molecule has 0 unspecified atom stereocenters. The van der Waals surface area contributed by atoms with Gasteiger partial charge in [0.1, 0.15) is 11.6 Å². The third-order valence-electron chi connectivity index (χ3n) is 4.94. The van der Waals surface area contributed by atoms with Crippen LogP contribution in [0.2, 0.25) is 0 Å². The van der Waals surface area contributed by atoms with Crippen LogP contribution in [0.25, 0.3) is 11.3 Å². The molecule has 150 valence electrons. The number of nitrogens with one attached hydrogen (secondary N) is 1. The van der Waals surface area contributed by atoms with Gasteiger partial charge in [0, 0.05) is 32.0 Å². The van der Waals surface area contributed by atoms with Crippen LogP contribution in [0.15, 0.2) is 53.1 Å². The number of nitrogens with zero attached hydrogens (tertiary/aromatic N) is 2. The molecule has 29 heavy (non-hydrogen) atoms. The minimum absolute atomic E-state index is 0.133. The van der Waals surface area contributed by atoms with Crippen molar-refractivity contribution in [1.82, 2.24) is 4.98 Å². The third kappa shape index (κ3) is 4.45. The number of carbonyl (C=O) groups excluding carboxylic acids is 1. The number of halogens is 2. The van der Waals surface area contributed by atoms with E-state index < -0.39 is 11.6 Å². The van der Waals surface area contributed by atoms with Gasteiger partial charge >= 0.3 is 0 Å². The normalized spacial score (nSPS) is 13.7. The van der Waals surface area contributed by atoms with Crippen LogP contribution in [-0.2, 0) is 11.2 Å². The Bertz CT molecular complexity index is 1010. The largest absolute Gasteiger partial charge is 0.441 e. The monoisotopic (exact) mass is 397 g/mol. The lowest BCUT2D eigenvalue weighted by molar-refractivity contribution is -0.116. The molecule has 4 rings (SSSR count). The number of carbonyl (C=O) groups is 1. The lowest BCUT2D eigenvalue weighted by atomic mass is 10.2. The summed E-state index contributed by atoms with van der Waals surface area (Å²) in [5, 5.41) is 2.96. The van der Waals surface area contributed by atoms with Gasteiger partial charge in [-0.1, -0.05) is 12.1 Å². The molecule has 0 atom stereocenters. The van der Waals surface area contributed by atoms with E-state index in [9.17, 15) is 13.6 Å². The molecule has 1 amide bonds. The molecule has 0 bridgehead atoms. The van der Waals surface area contributed by atoms with Gasteiger partial charge in [0.15, 0.2) is 11.7 Å². The molecule has 1 aliphatic rings. The fourth-order valence-electron chi connectivity index (χ4n) is 3.49. The van der Waals surface area contributed by atoms with E-state index in [4.69, 9.17) is 4.42 Å². The summed E-state index contributed by atoms with van der Waals surface area (Å²) in [6.07, 6.45) is 4.15. The molecule has 3 aromatic rings. The van der Waals surface area contributed by atoms with Gasteiger partial charge in [-0.25, -0.2) is 13.8 Å². The summed E-state index contributed by atoms with van der Waals surface area (Å²) in [6.45, 7) is 1.98. The number of benzene rings is 2. The molecule has 0 aliphatic carbocycles. The SMILES string of the molecule is O=C(CCc1ncc(-c2ccc(F)cc2F)o1)Nc1ccccc1N1CCCC1. The maximum Gasteiger partial charge on any atom is 0.224 e. The molecule has 2 heterocycles.